The molecule has 0 fully saturated rings. The van der Waals surface area contributed by atoms with Crippen molar-refractivity contribution in [1.82, 2.24) is 5.32 Å². The first-order valence-corrected chi connectivity index (χ1v) is 7.19. The Kier molecular flexibility index (Phi) is 10.2. The molecule has 0 aliphatic carbocycles. The van der Waals surface area contributed by atoms with Gasteiger partial charge in [-0.15, -0.1) is 0 Å². The van der Waals surface area contributed by atoms with E-state index in [2.05, 4.69) is 10.6 Å². The lowest BCUT2D eigenvalue weighted by atomic mass is 10.1. The lowest BCUT2D eigenvalue weighted by Gasteiger charge is -2.05. The highest BCUT2D eigenvalue weighted by Gasteiger charge is 2.03. The van der Waals surface area contributed by atoms with Crippen LogP contribution >= 0.6 is 0 Å². The van der Waals surface area contributed by atoms with Crippen molar-refractivity contribution >= 4 is 17.4 Å². The number of unbranched alkanes of at least 4 members (excludes halogenated alkanes) is 1. The van der Waals surface area contributed by atoms with Crippen molar-refractivity contribution in [2.24, 2.45) is 0 Å². The molecule has 20 heavy (non-hydrogen) atoms. The van der Waals surface area contributed by atoms with Gasteiger partial charge in [-0.05, 0) is 57.6 Å². The summed E-state index contributed by atoms with van der Waals surface area (Å²) in [7, 11) is 1.90. The Bertz CT molecular complexity index is 399. The summed E-state index contributed by atoms with van der Waals surface area (Å²) >= 11 is 0. The molecule has 0 atom stereocenters. The van der Waals surface area contributed by atoms with E-state index in [1.165, 1.54) is 6.92 Å². The van der Waals surface area contributed by atoms with Gasteiger partial charge >= 0.3 is 0 Å². The quantitative estimate of drug-likeness (QED) is 0.594. The van der Waals surface area contributed by atoms with Gasteiger partial charge < -0.3 is 10.6 Å². The fourth-order valence-electron chi connectivity index (χ4n) is 1.60. The molecule has 0 heterocycles. The molecule has 1 aromatic carbocycles. The number of carbonyl (C=O) groups is 2. The SMILES string of the molecule is CC.CNCCCCC(=O)Nc1ccc(C(C)=O)cc1. The van der Waals surface area contributed by atoms with Crippen molar-refractivity contribution < 1.29 is 9.59 Å². The summed E-state index contributed by atoms with van der Waals surface area (Å²) in [6.45, 7) is 6.45. The van der Waals surface area contributed by atoms with Crippen molar-refractivity contribution in [3.8, 4) is 0 Å². The second kappa shape index (κ2) is 11.2. The number of anilines is 1. The van der Waals surface area contributed by atoms with Gasteiger partial charge in [0.1, 0.15) is 0 Å². The van der Waals surface area contributed by atoms with Crippen LogP contribution in [-0.2, 0) is 4.79 Å². The number of amides is 1. The molecule has 1 aromatic rings. The maximum atomic E-state index is 11.6. The molecule has 0 radical (unpaired) electrons. The molecule has 1 rings (SSSR count). The summed E-state index contributed by atoms with van der Waals surface area (Å²) in [6, 6.07) is 6.95. The zero-order valence-corrected chi connectivity index (χ0v) is 13.0. The van der Waals surface area contributed by atoms with Crippen LogP contribution in [0.1, 0.15) is 50.4 Å². The number of benzene rings is 1. The summed E-state index contributed by atoms with van der Waals surface area (Å²) in [5, 5.41) is 5.86. The van der Waals surface area contributed by atoms with Gasteiger partial charge in [-0.2, -0.15) is 0 Å². The first-order valence-electron chi connectivity index (χ1n) is 7.19. The third kappa shape index (κ3) is 7.69. The molecule has 0 unspecified atom stereocenters. The van der Waals surface area contributed by atoms with Crippen molar-refractivity contribution in [2.45, 2.75) is 40.0 Å². The van der Waals surface area contributed by atoms with Gasteiger partial charge in [0.15, 0.2) is 5.78 Å². The predicted octanol–water partition coefficient (Wildman–Crippen LogP) is 3.24. The van der Waals surface area contributed by atoms with Gasteiger partial charge in [0.25, 0.3) is 0 Å². The molecule has 0 aliphatic rings. The van der Waals surface area contributed by atoms with E-state index < -0.39 is 0 Å². The number of rotatable bonds is 7. The van der Waals surface area contributed by atoms with Crippen LogP contribution < -0.4 is 10.6 Å². The van der Waals surface area contributed by atoms with E-state index in [0.717, 1.165) is 25.1 Å². The largest absolute Gasteiger partial charge is 0.326 e. The average molecular weight is 278 g/mol. The fraction of sp³-hybridized carbons (Fsp3) is 0.500. The Labute approximate surface area is 122 Å². The Morgan fingerprint density at radius 1 is 1.05 bits per heavy atom. The van der Waals surface area contributed by atoms with E-state index in [1.807, 2.05) is 20.9 Å². The van der Waals surface area contributed by atoms with Crippen LogP contribution in [0.3, 0.4) is 0 Å². The molecular formula is C16H26N2O2. The van der Waals surface area contributed by atoms with Crippen LogP contribution in [0.15, 0.2) is 24.3 Å². The minimum atomic E-state index is 0.0154. The van der Waals surface area contributed by atoms with Gasteiger partial charge in [0.05, 0.1) is 0 Å². The second-order valence-corrected chi connectivity index (χ2v) is 4.24. The monoisotopic (exact) mass is 278 g/mol. The van der Waals surface area contributed by atoms with Gasteiger partial charge in [-0.3, -0.25) is 9.59 Å². The summed E-state index contributed by atoms with van der Waals surface area (Å²) in [4.78, 5) is 22.7. The molecule has 0 saturated carbocycles. The van der Waals surface area contributed by atoms with E-state index >= 15 is 0 Å². The molecular weight excluding hydrogens is 252 g/mol. The van der Waals surface area contributed by atoms with Gasteiger partial charge in [-0.1, -0.05) is 13.8 Å². The Morgan fingerprint density at radius 2 is 1.65 bits per heavy atom. The van der Waals surface area contributed by atoms with Crippen molar-refractivity contribution in [3.63, 3.8) is 0 Å². The van der Waals surface area contributed by atoms with Gasteiger partial charge in [0, 0.05) is 17.7 Å². The molecule has 0 spiro atoms. The predicted molar refractivity (Wildman–Crippen MR) is 84.2 cm³/mol. The van der Waals surface area contributed by atoms with Crippen molar-refractivity contribution in [3.05, 3.63) is 29.8 Å². The zero-order valence-electron chi connectivity index (χ0n) is 13.0. The topological polar surface area (TPSA) is 58.2 Å². The van der Waals surface area contributed by atoms with Crippen LogP contribution in [0.4, 0.5) is 5.69 Å². The molecule has 0 aliphatic heterocycles. The molecule has 4 nitrogen and oxygen atoms in total. The smallest absolute Gasteiger partial charge is 0.224 e. The number of carbonyl (C=O) groups excluding carboxylic acids is 2. The van der Waals surface area contributed by atoms with Crippen LogP contribution in [0, 0.1) is 0 Å². The highest BCUT2D eigenvalue weighted by atomic mass is 16.1. The van der Waals surface area contributed by atoms with Crippen molar-refractivity contribution in [1.29, 1.82) is 0 Å². The second-order valence-electron chi connectivity index (χ2n) is 4.24. The van der Waals surface area contributed by atoms with Gasteiger partial charge in [-0.25, -0.2) is 0 Å². The van der Waals surface area contributed by atoms with Crippen LogP contribution in [0.25, 0.3) is 0 Å². The first-order chi connectivity index (χ1) is 9.63. The lowest BCUT2D eigenvalue weighted by Crippen LogP contribution is -2.13. The number of nitrogens with one attached hydrogen (secondary N) is 2. The minimum absolute atomic E-state index is 0.0154. The van der Waals surface area contributed by atoms with E-state index in [9.17, 15) is 9.59 Å². The zero-order chi connectivity index (χ0) is 15.4. The van der Waals surface area contributed by atoms with Crippen LogP contribution in [-0.4, -0.2) is 25.3 Å². The molecule has 112 valence electrons. The summed E-state index contributed by atoms with van der Waals surface area (Å²) < 4.78 is 0. The summed E-state index contributed by atoms with van der Waals surface area (Å²) in [5.41, 5.74) is 1.39. The van der Waals surface area contributed by atoms with Crippen LogP contribution in [0.2, 0.25) is 0 Å². The number of hydrogen-bond acceptors (Lipinski definition) is 3. The summed E-state index contributed by atoms with van der Waals surface area (Å²) in [6.07, 6.45) is 2.39. The number of ketones is 1. The van der Waals surface area contributed by atoms with Gasteiger partial charge in [0.2, 0.25) is 5.91 Å². The van der Waals surface area contributed by atoms with E-state index in [1.54, 1.807) is 24.3 Å². The standard InChI is InChI=1S/C14H20N2O2.C2H6/c1-11(17)12-6-8-13(9-7-12)16-14(18)5-3-4-10-15-2;1-2/h6-9,15H,3-5,10H2,1-2H3,(H,16,18);1-2H3. The van der Waals surface area contributed by atoms with E-state index in [0.29, 0.717) is 12.0 Å². The van der Waals surface area contributed by atoms with Crippen LogP contribution in [0.5, 0.6) is 0 Å². The Hall–Kier alpha value is -1.68. The summed E-state index contributed by atoms with van der Waals surface area (Å²) in [5.74, 6) is 0.0432. The molecule has 0 aromatic heterocycles. The highest BCUT2D eigenvalue weighted by molar-refractivity contribution is 5.95. The number of Topliss-reactive ketones (excluding diaryl/α,β-unsaturated/α-hetero) is 1. The molecule has 0 saturated heterocycles. The molecule has 0 bridgehead atoms. The molecule has 1 amide bonds. The van der Waals surface area contributed by atoms with E-state index in [4.69, 9.17) is 0 Å². The Morgan fingerprint density at radius 3 is 2.15 bits per heavy atom. The fourth-order valence-corrected chi connectivity index (χ4v) is 1.60. The van der Waals surface area contributed by atoms with Crippen molar-refractivity contribution in [2.75, 3.05) is 18.9 Å². The number of hydrogen-bond donors (Lipinski definition) is 2. The highest BCUT2D eigenvalue weighted by Crippen LogP contribution is 2.10. The third-order valence-corrected chi connectivity index (χ3v) is 2.66. The lowest BCUT2D eigenvalue weighted by molar-refractivity contribution is -0.116. The van der Waals surface area contributed by atoms with E-state index in [-0.39, 0.29) is 11.7 Å². The first kappa shape index (κ1) is 18.3. The Balaban J connectivity index is 0.00000172. The average Bonchev–Trinajstić information content (AvgIpc) is 2.46. The maximum absolute atomic E-state index is 11.6. The minimum Gasteiger partial charge on any atom is -0.326 e. The third-order valence-electron chi connectivity index (χ3n) is 2.66. The molecule has 4 heteroatoms. The normalized spacial score (nSPS) is 9.40. The maximum Gasteiger partial charge on any atom is 0.224 e. The molecule has 2 N–H and O–H groups in total.